The van der Waals surface area contributed by atoms with E-state index < -0.39 is 11.7 Å². The summed E-state index contributed by atoms with van der Waals surface area (Å²) in [4.78, 5) is 20.2. The highest BCUT2D eigenvalue weighted by Gasteiger charge is 2.15. The molecule has 0 aromatic carbocycles. The van der Waals surface area contributed by atoms with Crippen LogP contribution in [0.2, 0.25) is 0 Å². The molecule has 7 heteroatoms. The fourth-order valence-corrected chi connectivity index (χ4v) is 2.56. The van der Waals surface area contributed by atoms with E-state index in [1.807, 2.05) is 38.5 Å². The number of alkyl carbamates (subject to hydrolysis) is 1. The van der Waals surface area contributed by atoms with Gasteiger partial charge in [-0.15, -0.1) is 11.3 Å². The van der Waals surface area contributed by atoms with Crippen LogP contribution in [0, 0.1) is 6.92 Å². The van der Waals surface area contributed by atoms with Crippen LogP contribution in [-0.2, 0) is 17.7 Å². The Bertz CT molecular complexity index is 628. The van der Waals surface area contributed by atoms with Gasteiger partial charge in [0.25, 0.3) is 0 Å². The lowest BCUT2D eigenvalue weighted by atomic mass is 10.2. The van der Waals surface area contributed by atoms with Gasteiger partial charge in [0.1, 0.15) is 5.60 Å². The number of carbonyl (C=O) groups excluding carboxylic acids is 1. The summed E-state index contributed by atoms with van der Waals surface area (Å²) < 4.78 is 7.25. The van der Waals surface area contributed by atoms with Gasteiger partial charge in [0.05, 0.1) is 23.6 Å². The standard InChI is InChI=1S/C15H22N4O2S/c1-11-18-12(9-22-11)8-19-10-16-7-13(19)5-6-17-14(20)21-15(2,3)4/h7,9-10H,5-6,8H2,1-4H3,(H,17,20). The molecule has 2 heterocycles. The van der Waals surface area contributed by atoms with E-state index in [0.717, 1.165) is 16.4 Å². The van der Waals surface area contributed by atoms with Crippen LogP contribution in [0.4, 0.5) is 4.79 Å². The summed E-state index contributed by atoms with van der Waals surface area (Å²) in [7, 11) is 0. The van der Waals surface area contributed by atoms with Gasteiger partial charge >= 0.3 is 6.09 Å². The van der Waals surface area contributed by atoms with Crippen LogP contribution < -0.4 is 5.32 Å². The van der Waals surface area contributed by atoms with E-state index in [1.54, 1.807) is 17.7 Å². The number of amides is 1. The molecule has 0 spiro atoms. The summed E-state index contributed by atoms with van der Waals surface area (Å²) in [5, 5.41) is 5.87. The van der Waals surface area contributed by atoms with Crippen molar-refractivity contribution >= 4 is 17.4 Å². The molecule has 1 amide bonds. The van der Waals surface area contributed by atoms with Crippen LogP contribution in [0.5, 0.6) is 0 Å². The Morgan fingerprint density at radius 1 is 1.45 bits per heavy atom. The average Bonchev–Trinajstić information content (AvgIpc) is 2.98. The van der Waals surface area contributed by atoms with Gasteiger partial charge in [-0.2, -0.15) is 0 Å². The van der Waals surface area contributed by atoms with Gasteiger partial charge in [0, 0.05) is 30.2 Å². The van der Waals surface area contributed by atoms with E-state index in [9.17, 15) is 4.79 Å². The molecule has 2 rings (SSSR count). The highest BCUT2D eigenvalue weighted by Crippen LogP contribution is 2.11. The molecular weight excluding hydrogens is 300 g/mol. The van der Waals surface area contributed by atoms with Gasteiger partial charge in [0.2, 0.25) is 0 Å². The minimum atomic E-state index is -0.478. The normalized spacial score (nSPS) is 11.5. The first-order valence-corrected chi connectivity index (χ1v) is 8.08. The highest BCUT2D eigenvalue weighted by atomic mass is 32.1. The first kappa shape index (κ1) is 16.5. The summed E-state index contributed by atoms with van der Waals surface area (Å²) in [6.45, 7) is 8.74. The molecular formula is C15H22N4O2S. The fourth-order valence-electron chi connectivity index (χ4n) is 1.96. The summed E-state index contributed by atoms with van der Waals surface area (Å²) in [5.41, 5.74) is 1.61. The minimum Gasteiger partial charge on any atom is -0.444 e. The third kappa shape index (κ3) is 5.14. The lowest BCUT2D eigenvalue weighted by Gasteiger charge is -2.19. The molecule has 0 unspecified atom stereocenters. The number of hydrogen-bond donors (Lipinski definition) is 1. The Labute approximate surface area is 134 Å². The number of ether oxygens (including phenoxy) is 1. The molecule has 2 aromatic rings. The molecule has 0 aliphatic heterocycles. The topological polar surface area (TPSA) is 69.0 Å². The maximum Gasteiger partial charge on any atom is 0.407 e. The zero-order valence-corrected chi connectivity index (χ0v) is 14.2. The van der Waals surface area contributed by atoms with Crippen LogP contribution >= 0.6 is 11.3 Å². The molecule has 0 atom stereocenters. The number of rotatable bonds is 5. The molecule has 0 aliphatic carbocycles. The Morgan fingerprint density at radius 2 is 2.23 bits per heavy atom. The fraction of sp³-hybridized carbons (Fsp3) is 0.533. The van der Waals surface area contributed by atoms with E-state index in [-0.39, 0.29) is 0 Å². The number of nitrogens with one attached hydrogen (secondary N) is 1. The van der Waals surface area contributed by atoms with Crippen molar-refractivity contribution in [2.75, 3.05) is 6.54 Å². The molecule has 0 saturated heterocycles. The molecule has 0 saturated carbocycles. The second-order valence-electron chi connectivity index (χ2n) is 6.05. The maximum absolute atomic E-state index is 11.6. The molecule has 1 N–H and O–H groups in total. The van der Waals surface area contributed by atoms with Crippen molar-refractivity contribution < 1.29 is 9.53 Å². The molecule has 0 radical (unpaired) electrons. The second-order valence-corrected chi connectivity index (χ2v) is 7.11. The number of aromatic nitrogens is 3. The second kappa shape index (κ2) is 6.91. The van der Waals surface area contributed by atoms with E-state index >= 15 is 0 Å². The third-order valence-electron chi connectivity index (χ3n) is 2.85. The summed E-state index contributed by atoms with van der Waals surface area (Å²) in [6, 6.07) is 0. The van der Waals surface area contributed by atoms with Crippen molar-refractivity contribution in [1.29, 1.82) is 0 Å². The average molecular weight is 322 g/mol. The summed E-state index contributed by atoms with van der Waals surface area (Å²) >= 11 is 1.64. The number of nitrogens with zero attached hydrogens (tertiary/aromatic N) is 3. The SMILES string of the molecule is Cc1nc(Cn2cncc2CCNC(=O)OC(C)(C)C)cs1. The van der Waals surface area contributed by atoms with Crippen LogP contribution in [-0.4, -0.2) is 32.8 Å². The summed E-state index contributed by atoms with van der Waals surface area (Å²) in [5.74, 6) is 0. The molecule has 22 heavy (non-hydrogen) atoms. The van der Waals surface area contributed by atoms with E-state index in [1.165, 1.54) is 0 Å². The molecule has 6 nitrogen and oxygen atoms in total. The van der Waals surface area contributed by atoms with Gasteiger partial charge < -0.3 is 14.6 Å². The Kier molecular flexibility index (Phi) is 5.18. The third-order valence-corrected chi connectivity index (χ3v) is 3.67. The van der Waals surface area contributed by atoms with Crippen molar-refractivity contribution in [2.24, 2.45) is 0 Å². The number of hydrogen-bond acceptors (Lipinski definition) is 5. The van der Waals surface area contributed by atoms with Crippen molar-refractivity contribution in [2.45, 2.75) is 46.3 Å². The van der Waals surface area contributed by atoms with Gasteiger partial charge in [0.15, 0.2) is 0 Å². The quantitative estimate of drug-likeness (QED) is 0.919. The number of carbonyl (C=O) groups is 1. The van der Waals surface area contributed by atoms with Crippen molar-refractivity contribution in [3.05, 3.63) is 34.3 Å². The largest absolute Gasteiger partial charge is 0.444 e. The molecule has 120 valence electrons. The molecule has 0 bridgehead atoms. The van der Waals surface area contributed by atoms with Crippen LogP contribution in [0.1, 0.15) is 37.2 Å². The molecule has 0 fully saturated rings. The lowest BCUT2D eigenvalue weighted by molar-refractivity contribution is 0.0528. The zero-order valence-electron chi connectivity index (χ0n) is 13.4. The van der Waals surface area contributed by atoms with Gasteiger partial charge in [-0.3, -0.25) is 0 Å². The van der Waals surface area contributed by atoms with Gasteiger partial charge in [-0.05, 0) is 27.7 Å². The van der Waals surface area contributed by atoms with Gasteiger partial charge in [-0.25, -0.2) is 14.8 Å². The van der Waals surface area contributed by atoms with E-state index in [4.69, 9.17) is 4.74 Å². The summed E-state index contributed by atoms with van der Waals surface area (Å²) in [6.07, 6.45) is 3.91. The number of aryl methyl sites for hydroxylation is 1. The predicted octanol–water partition coefficient (Wildman–Crippen LogP) is 2.76. The minimum absolute atomic E-state index is 0.395. The van der Waals surface area contributed by atoms with Crippen LogP contribution in [0.15, 0.2) is 17.9 Å². The molecule has 0 aliphatic rings. The Hall–Kier alpha value is -1.89. The highest BCUT2D eigenvalue weighted by molar-refractivity contribution is 7.09. The maximum atomic E-state index is 11.6. The van der Waals surface area contributed by atoms with Crippen LogP contribution in [0.25, 0.3) is 0 Å². The Balaban J connectivity index is 1.84. The lowest BCUT2D eigenvalue weighted by Crippen LogP contribution is -2.33. The smallest absolute Gasteiger partial charge is 0.407 e. The molecule has 2 aromatic heterocycles. The zero-order chi connectivity index (χ0) is 16.2. The van der Waals surface area contributed by atoms with E-state index in [0.29, 0.717) is 19.5 Å². The first-order valence-electron chi connectivity index (χ1n) is 7.20. The predicted molar refractivity (Wildman–Crippen MR) is 86.1 cm³/mol. The Morgan fingerprint density at radius 3 is 2.86 bits per heavy atom. The van der Waals surface area contributed by atoms with Crippen molar-refractivity contribution in [3.63, 3.8) is 0 Å². The van der Waals surface area contributed by atoms with Gasteiger partial charge in [-0.1, -0.05) is 0 Å². The first-order chi connectivity index (χ1) is 10.3. The monoisotopic (exact) mass is 322 g/mol. The number of imidazole rings is 1. The van der Waals surface area contributed by atoms with E-state index in [2.05, 4.69) is 20.7 Å². The van der Waals surface area contributed by atoms with Crippen molar-refractivity contribution in [3.8, 4) is 0 Å². The number of thiazole rings is 1. The van der Waals surface area contributed by atoms with Crippen LogP contribution in [0.3, 0.4) is 0 Å². The van der Waals surface area contributed by atoms with Crippen molar-refractivity contribution in [1.82, 2.24) is 19.9 Å².